The normalized spacial score (nSPS) is 14.8. The van der Waals surface area contributed by atoms with Crippen LogP contribution in [0, 0.1) is 11.6 Å². The molecule has 1 saturated heterocycles. The minimum atomic E-state index is -3.86. The van der Waals surface area contributed by atoms with Gasteiger partial charge in [0.2, 0.25) is 15.8 Å². The van der Waals surface area contributed by atoms with Crippen LogP contribution in [-0.2, 0) is 19.6 Å². The lowest BCUT2D eigenvalue weighted by Gasteiger charge is -2.36. The molecule has 0 aliphatic carbocycles. The molecule has 0 bridgehead atoms. The van der Waals surface area contributed by atoms with Crippen molar-refractivity contribution in [2.75, 3.05) is 48.1 Å². The van der Waals surface area contributed by atoms with Gasteiger partial charge in [0.25, 0.3) is 0 Å². The molecular formula is C29H37F2N5O5S. The lowest BCUT2D eigenvalue weighted by atomic mass is 10.0. The number of carbonyl (C=O) groups is 2. The fourth-order valence-corrected chi connectivity index (χ4v) is 6.02. The summed E-state index contributed by atoms with van der Waals surface area (Å²) in [6.45, 7) is 10.9. The highest BCUT2D eigenvalue weighted by molar-refractivity contribution is 7.92. The number of anilines is 2. The van der Waals surface area contributed by atoms with E-state index in [1.165, 1.54) is 6.20 Å². The number of sulfonamides is 1. The van der Waals surface area contributed by atoms with Gasteiger partial charge in [-0.05, 0) is 58.4 Å². The van der Waals surface area contributed by atoms with Gasteiger partial charge in [-0.2, -0.15) is 0 Å². The van der Waals surface area contributed by atoms with Crippen molar-refractivity contribution < 1.29 is 31.5 Å². The zero-order chi connectivity index (χ0) is 30.7. The molecule has 0 saturated carbocycles. The van der Waals surface area contributed by atoms with Crippen LogP contribution in [0.1, 0.15) is 62.9 Å². The average molecular weight is 606 g/mol. The number of halogens is 2. The van der Waals surface area contributed by atoms with Crippen LogP contribution in [0.5, 0.6) is 0 Å². The van der Waals surface area contributed by atoms with E-state index in [0.29, 0.717) is 43.4 Å². The number of fused-ring (bicyclic) bond motifs is 1. The number of nitrogens with one attached hydrogen (secondary N) is 2. The van der Waals surface area contributed by atoms with Crippen molar-refractivity contribution >= 4 is 44.2 Å². The van der Waals surface area contributed by atoms with E-state index in [2.05, 4.69) is 24.5 Å². The van der Waals surface area contributed by atoms with Crippen LogP contribution < -0.4 is 9.62 Å². The maximum Gasteiger partial charge on any atom is 0.306 e. The maximum absolute atomic E-state index is 15.3. The summed E-state index contributed by atoms with van der Waals surface area (Å²) < 4.78 is 61.8. The number of esters is 1. The van der Waals surface area contributed by atoms with Gasteiger partial charge in [0.1, 0.15) is 17.1 Å². The molecule has 3 aromatic rings. The molecule has 3 heterocycles. The largest absolute Gasteiger partial charge is 0.460 e. The van der Waals surface area contributed by atoms with Crippen molar-refractivity contribution in [3.63, 3.8) is 0 Å². The molecule has 2 N–H and O–H groups in total. The van der Waals surface area contributed by atoms with Crippen molar-refractivity contribution in [1.82, 2.24) is 14.9 Å². The molecule has 0 radical (unpaired) electrons. The summed E-state index contributed by atoms with van der Waals surface area (Å²) in [5.41, 5.74) is -0.682. The third-order valence-electron chi connectivity index (χ3n) is 6.83. The molecule has 228 valence electrons. The molecule has 0 spiro atoms. The van der Waals surface area contributed by atoms with E-state index in [0.717, 1.165) is 37.5 Å². The van der Waals surface area contributed by atoms with Crippen LogP contribution in [-0.4, -0.2) is 79.1 Å². The molecule has 0 unspecified atom stereocenters. The Kier molecular flexibility index (Phi) is 9.51. The molecule has 1 aliphatic heterocycles. The predicted octanol–water partition coefficient (Wildman–Crippen LogP) is 4.47. The molecular weight excluding hydrogens is 568 g/mol. The minimum absolute atomic E-state index is 0.0199. The molecule has 1 aromatic carbocycles. The second-order valence-electron chi connectivity index (χ2n) is 11.3. The SMILES string of the molecule is CCCS(=O)(=O)Nc1ccc(F)c(C(=O)c2c[nH]c3ncc(N4CCN(CCCC(=O)OC(C)(C)C)CC4)cc23)c1F. The summed E-state index contributed by atoms with van der Waals surface area (Å²) in [6, 6.07) is 3.58. The monoisotopic (exact) mass is 605 g/mol. The third-order valence-corrected chi connectivity index (χ3v) is 8.31. The molecule has 1 aliphatic rings. The Morgan fingerprint density at radius 2 is 1.86 bits per heavy atom. The molecule has 1 fully saturated rings. The Morgan fingerprint density at radius 3 is 2.52 bits per heavy atom. The number of hydrogen-bond acceptors (Lipinski definition) is 8. The zero-order valence-electron chi connectivity index (χ0n) is 24.3. The van der Waals surface area contributed by atoms with E-state index in [9.17, 15) is 22.4 Å². The van der Waals surface area contributed by atoms with Crippen LogP contribution >= 0.6 is 0 Å². The number of aromatic amines is 1. The zero-order valence-corrected chi connectivity index (χ0v) is 25.1. The van der Waals surface area contributed by atoms with Crippen molar-refractivity contribution in [2.24, 2.45) is 0 Å². The molecule has 42 heavy (non-hydrogen) atoms. The van der Waals surface area contributed by atoms with Gasteiger partial charge in [0, 0.05) is 49.7 Å². The van der Waals surface area contributed by atoms with Gasteiger partial charge in [0.15, 0.2) is 5.82 Å². The van der Waals surface area contributed by atoms with Crippen molar-refractivity contribution in [3.8, 4) is 0 Å². The Hall–Kier alpha value is -3.58. The van der Waals surface area contributed by atoms with Crippen molar-refractivity contribution in [2.45, 2.75) is 52.6 Å². The van der Waals surface area contributed by atoms with Crippen LogP contribution in [0.3, 0.4) is 0 Å². The molecule has 0 amide bonds. The maximum atomic E-state index is 15.3. The van der Waals surface area contributed by atoms with Gasteiger partial charge in [-0.25, -0.2) is 22.2 Å². The summed E-state index contributed by atoms with van der Waals surface area (Å²) in [7, 11) is -3.86. The van der Waals surface area contributed by atoms with Crippen molar-refractivity contribution in [3.05, 3.63) is 53.4 Å². The number of H-pyrrole nitrogens is 1. The second kappa shape index (κ2) is 12.7. The number of nitrogens with zero attached hydrogens (tertiary/aromatic N) is 3. The molecule has 13 heteroatoms. The summed E-state index contributed by atoms with van der Waals surface area (Å²) in [4.78, 5) is 37.0. The Morgan fingerprint density at radius 1 is 1.14 bits per heavy atom. The van der Waals surface area contributed by atoms with Gasteiger partial charge in [0.05, 0.1) is 28.9 Å². The highest BCUT2D eigenvalue weighted by Gasteiger charge is 2.27. The third kappa shape index (κ3) is 7.62. The molecule has 4 rings (SSSR count). The fraction of sp³-hybridized carbons (Fsp3) is 0.483. The van der Waals surface area contributed by atoms with E-state index in [1.807, 2.05) is 20.8 Å². The molecule has 10 nitrogen and oxygen atoms in total. The summed E-state index contributed by atoms with van der Waals surface area (Å²) >= 11 is 0. The number of aromatic nitrogens is 2. The van der Waals surface area contributed by atoms with E-state index < -0.39 is 44.3 Å². The number of benzene rings is 1. The van der Waals surface area contributed by atoms with E-state index in [4.69, 9.17) is 4.74 Å². The molecule has 2 aromatic heterocycles. The first kappa shape index (κ1) is 31.4. The average Bonchev–Trinajstić information content (AvgIpc) is 3.33. The summed E-state index contributed by atoms with van der Waals surface area (Å²) in [5.74, 6) is -3.76. The topological polar surface area (TPSA) is 125 Å². The number of ether oxygens (including phenoxy) is 1. The summed E-state index contributed by atoms with van der Waals surface area (Å²) in [5, 5.41) is 0.396. The number of piperazine rings is 1. The highest BCUT2D eigenvalue weighted by Crippen LogP contribution is 2.29. The van der Waals surface area contributed by atoms with Crippen LogP contribution in [0.15, 0.2) is 30.6 Å². The predicted molar refractivity (Wildman–Crippen MR) is 157 cm³/mol. The van der Waals surface area contributed by atoms with Gasteiger partial charge >= 0.3 is 5.97 Å². The quantitative estimate of drug-likeness (QED) is 0.242. The first-order valence-corrected chi connectivity index (χ1v) is 15.6. The second-order valence-corrected chi connectivity index (χ2v) is 13.2. The van der Waals surface area contributed by atoms with Crippen LogP contribution in [0.25, 0.3) is 11.0 Å². The minimum Gasteiger partial charge on any atom is -0.460 e. The number of rotatable bonds is 11. The number of hydrogen-bond donors (Lipinski definition) is 2. The Balaban J connectivity index is 1.46. The van der Waals surface area contributed by atoms with Gasteiger partial charge in [-0.15, -0.1) is 0 Å². The summed E-state index contributed by atoms with van der Waals surface area (Å²) in [6.07, 6.45) is 4.38. The standard InChI is InChI=1S/C29H37F2N5O5S/c1-5-15-42(39,40)34-23-9-8-22(30)25(26(23)31)27(38)21-18-33-28-20(21)16-19(17-32-28)36-13-11-35(12-14-36)10-6-7-24(37)41-29(2,3)4/h8-9,16-18,34H,5-7,10-15H2,1-4H3,(H,32,33). The van der Waals surface area contributed by atoms with Crippen molar-refractivity contribution in [1.29, 1.82) is 0 Å². The highest BCUT2D eigenvalue weighted by atomic mass is 32.2. The van der Waals surface area contributed by atoms with Gasteiger partial charge in [-0.3, -0.25) is 19.2 Å². The fourth-order valence-electron chi connectivity index (χ4n) is 4.88. The smallest absolute Gasteiger partial charge is 0.306 e. The lowest BCUT2D eigenvalue weighted by molar-refractivity contribution is -0.155. The number of carbonyl (C=O) groups excluding carboxylic acids is 2. The Labute approximate surface area is 244 Å². The van der Waals surface area contributed by atoms with Crippen LogP contribution in [0.4, 0.5) is 20.2 Å². The lowest BCUT2D eigenvalue weighted by Crippen LogP contribution is -2.46. The molecule has 0 atom stereocenters. The Bertz CT molecular complexity index is 1560. The van der Waals surface area contributed by atoms with Gasteiger partial charge < -0.3 is 14.6 Å². The number of ketones is 1. The number of pyridine rings is 1. The first-order chi connectivity index (χ1) is 19.8. The first-order valence-electron chi connectivity index (χ1n) is 14.0. The van der Waals surface area contributed by atoms with E-state index in [1.54, 1.807) is 19.2 Å². The van der Waals surface area contributed by atoms with Crippen LogP contribution in [0.2, 0.25) is 0 Å². The van der Waals surface area contributed by atoms with E-state index >= 15 is 4.39 Å². The van der Waals surface area contributed by atoms with E-state index in [-0.39, 0.29) is 17.3 Å². The van der Waals surface area contributed by atoms with Gasteiger partial charge in [-0.1, -0.05) is 6.92 Å².